The van der Waals surface area contributed by atoms with E-state index in [9.17, 15) is 0 Å². The molecule has 3 heteroatoms. The molecular formula is C18H26ClNO. The first-order valence-corrected chi connectivity index (χ1v) is 8.82. The maximum Gasteiger partial charge on any atom is 0.123 e. The van der Waals surface area contributed by atoms with Crippen molar-refractivity contribution in [3.05, 3.63) is 29.3 Å². The molecule has 1 aliphatic heterocycles. The number of hydrogen-bond donors (Lipinski definition) is 1. The zero-order valence-corrected chi connectivity index (χ0v) is 13.7. The second-order valence-electron chi connectivity index (χ2n) is 6.67. The Morgan fingerprint density at radius 2 is 2.00 bits per heavy atom. The lowest BCUT2D eigenvalue weighted by atomic mass is 9.80. The van der Waals surface area contributed by atoms with E-state index in [-0.39, 0.29) is 0 Å². The van der Waals surface area contributed by atoms with Gasteiger partial charge in [-0.05, 0) is 49.8 Å². The van der Waals surface area contributed by atoms with E-state index in [1.54, 1.807) is 0 Å². The molecule has 21 heavy (non-hydrogen) atoms. The van der Waals surface area contributed by atoms with Crippen LogP contribution in [0.5, 0.6) is 5.75 Å². The molecule has 2 aliphatic rings. The summed E-state index contributed by atoms with van der Waals surface area (Å²) in [6.07, 6.45) is 6.68. The number of halogens is 1. The van der Waals surface area contributed by atoms with Gasteiger partial charge in [0.05, 0.1) is 0 Å². The highest BCUT2D eigenvalue weighted by atomic mass is 35.5. The van der Waals surface area contributed by atoms with Crippen molar-refractivity contribution in [2.24, 2.45) is 11.8 Å². The summed E-state index contributed by atoms with van der Waals surface area (Å²) in [7, 11) is 0. The van der Waals surface area contributed by atoms with Gasteiger partial charge >= 0.3 is 0 Å². The number of alkyl halides is 1. The minimum Gasteiger partial charge on any atom is -0.488 e. The van der Waals surface area contributed by atoms with Crippen LogP contribution in [-0.4, -0.2) is 25.1 Å². The molecule has 0 amide bonds. The maximum atomic E-state index is 6.10. The van der Waals surface area contributed by atoms with Crippen LogP contribution in [-0.2, 0) is 6.42 Å². The van der Waals surface area contributed by atoms with Crippen LogP contribution < -0.4 is 10.1 Å². The van der Waals surface area contributed by atoms with Gasteiger partial charge in [0.15, 0.2) is 0 Å². The van der Waals surface area contributed by atoms with Crippen molar-refractivity contribution < 1.29 is 4.74 Å². The Kier molecular flexibility index (Phi) is 5.07. The molecular weight excluding hydrogens is 282 g/mol. The molecule has 1 N–H and O–H groups in total. The van der Waals surface area contributed by atoms with E-state index in [4.69, 9.17) is 16.3 Å². The Morgan fingerprint density at radius 3 is 2.81 bits per heavy atom. The average molecular weight is 308 g/mol. The minimum absolute atomic E-state index is 0.292. The average Bonchev–Trinajstić information content (AvgIpc) is 2.89. The van der Waals surface area contributed by atoms with Crippen molar-refractivity contribution in [1.82, 2.24) is 5.32 Å². The molecule has 0 saturated heterocycles. The van der Waals surface area contributed by atoms with Gasteiger partial charge in [-0.2, -0.15) is 0 Å². The molecule has 2 nitrogen and oxygen atoms in total. The van der Waals surface area contributed by atoms with Crippen molar-refractivity contribution >= 4 is 11.6 Å². The maximum absolute atomic E-state index is 6.10. The fourth-order valence-electron chi connectivity index (χ4n) is 3.75. The van der Waals surface area contributed by atoms with Gasteiger partial charge in [0, 0.05) is 18.8 Å². The third-order valence-corrected chi connectivity index (χ3v) is 5.40. The fourth-order valence-corrected chi connectivity index (χ4v) is 4.16. The zero-order valence-electron chi connectivity index (χ0n) is 12.9. The van der Waals surface area contributed by atoms with Gasteiger partial charge in [-0.3, -0.25) is 0 Å². The van der Waals surface area contributed by atoms with Gasteiger partial charge in [0.25, 0.3) is 0 Å². The highest BCUT2D eigenvalue weighted by molar-refractivity contribution is 6.18. The molecule has 1 saturated carbocycles. The molecule has 0 radical (unpaired) electrons. The lowest BCUT2D eigenvalue weighted by Crippen LogP contribution is -2.36. The molecule has 0 aromatic heterocycles. The van der Waals surface area contributed by atoms with Crippen LogP contribution in [0.4, 0.5) is 0 Å². The van der Waals surface area contributed by atoms with Crippen LogP contribution in [0.3, 0.4) is 0 Å². The summed E-state index contributed by atoms with van der Waals surface area (Å²) in [5.41, 5.74) is 2.68. The van der Waals surface area contributed by atoms with Crippen molar-refractivity contribution in [2.75, 3.05) is 19.0 Å². The molecule has 1 fully saturated rings. The molecule has 3 rings (SSSR count). The molecule has 0 bridgehead atoms. The summed E-state index contributed by atoms with van der Waals surface area (Å²) in [6.45, 7) is 4.17. The van der Waals surface area contributed by atoms with Crippen molar-refractivity contribution in [1.29, 1.82) is 0 Å². The minimum atomic E-state index is 0.292. The Hall–Kier alpha value is -0.730. The van der Waals surface area contributed by atoms with Crippen molar-refractivity contribution in [3.8, 4) is 5.75 Å². The summed E-state index contributed by atoms with van der Waals surface area (Å²) in [5.74, 6) is 3.35. The topological polar surface area (TPSA) is 21.3 Å². The zero-order chi connectivity index (χ0) is 14.7. The number of ether oxygens (including phenoxy) is 1. The highest BCUT2D eigenvalue weighted by Crippen LogP contribution is 2.31. The van der Waals surface area contributed by atoms with E-state index in [1.165, 1.54) is 36.8 Å². The molecule has 0 spiro atoms. The second kappa shape index (κ2) is 7.02. The predicted octanol–water partition coefficient (Wildman–Crippen LogP) is 3.93. The first-order valence-electron chi connectivity index (χ1n) is 8.29. The highest BCUT2D eigenvalue weighted by Gasteiger charge is 2.26. The molecule has 1 aliphatic carbocycles. The third kappa shape index (κ3) is 3.73. The van der Waals surface area contributed by atoms with Crippen LogP contribution in [0.2, 0.25) is 0 Å². The number of nitrogens with one attached hydrogen (secondary N) is 1. The van der Waals surface area contributed by atoms with Gasteiger partial charge in [-0.25, -0.2) is 0 Å². The number of rotatable bonds is 5. The van der Waals surface area contributed by atoms with Crippen molar-refractivity contribution in [2.45, 2.75) is 45.1 Å². The van der Waals surface area contributed by atoms with E-state index < -0.39 is 0 Å². The van der Waals surface area contributed by atoms with E-state index in [0.717, 1.165) is 37.1 Å². The van der Waals surface area contributed by atoms with Crippen LogP contribution in [0, 0.1) is 18.8 Å². The quantitative estimate of drug-likeness (QED) is 0.832. The number of hydrogen-bond acceptors (Lipinski definition) is 2. The van der Waals surface area contributed by atoms with E-state index >= 15 is 0 Å². The van der Waals surface area contributed by atoms with Gasteiger partial charge in [0.1, 0.15) is 11.9 Å². The smallest absolute Gasteiger partial charge is 0.123 e. The summed E-state index contributed by atoms with van der Waals surface area (Å²) < 4.78 is 6.02. The Morgan fingerprint density at radius 1 is 1.19 bits per heavy atom. The summed E-state index contributed by atoms with van der Waals surface area (Å²) in [4.78, 5) is 0. The van der Waals surface area contributed by atoms with Crippen LogP contribution in [0.25, 0.3) is 0 Å². The fraction of sp³-hybridized carbons (Fsp3) is 0.667. The molecule has 1 heterocycles. The predicted molar refractivity (Wildman–Crippen MR) is 88.3 cm³/mol. The summed E-state index contributed by atoms with van der Waals surface area (Å²) in [5, 5.41) is 3.63. The van der Waals surface area contributed by atoms with Gasteiger partial charge in [-0.15, -0.1) is 11.6 Å². The first kappa shape index (κ1) is 15.2. The van der Waals surface area contributed by atoms with E-state index in [2.05, 4.69) is 30.4 Å². The molecule has 1 aromatic carbocycles. The Labute approximate surface area is 133 Å². The standard InChI is InChI=1S/C18H26ClNO/c1-13-6-7-18-16(8-13)9-17(21-18)12-20-11-15-5-3-2-4-14(15)10-19/h6-8,14-15,17,20H,2-5,9-12H2,1H3. The van der Waals surface area contributed by atoms with Crippen LogP contribution >= 0.6 is 11.6 Å². The van der Waals surface area contributed by atoms with Crippen LogP contribution in [0.1, 0.15) is 36.8 Å². The van der Waals surface area contributed by atoms with Crippen LogP contribution in [0.15, 0.2) is 18.2 Å². The number of aryl methyl sites for hydroxylation is 1. The van der Waals surface area contributed by atoms with E-state index in [0.29, 0.717) is 12.0 Å². The molecule has 116 valence electrons. The Balaban J connectivity index is 1.44. The SMILES string of the molecule is Cc1ccc2c(c1)CC(CNCC1CCCCC1CCl)O2. The van der Waals surface area contributed by atoms with Gasteiger partial charge < -0.3 is 10.1 Å². The summed E-state index contributed by atoms with van der Waals surface area (Å²) >= 11 is 6.10. The number of benzene rings is 1. The lowest BCUT2D eigenvalue weighted by molar-refractivity contribution is 0.208. The first-order chi connectivity index (χ1) is 10.3. The van der Waals surface area contributed by atoms with Crippen molar-refractivity contribution in [3.63, 3.8) is 0 Å². The normalized spacial score (nSPS) is 28.2. The molecule has 3 unspecified atom stereocenters. The summed E-state index contributed by atoms with van der Waals surface area (Å²) in [6, 6.07) is 6.48. The third-order valence-electron chi connectivity index (χ3n) is 5.00. The van der Waals surface area contributed by atoms with Gasteiger partial charge in [0.2, 0.25) is 0 Å². The molecule has 1 aromatic rings. The van der Waals surface area contributed by atoms with Gasteiger partial charge in [-0.1, -0.05) is 30.5 Å². The molecule has 3 atom stereocenters. The number of fused-ring (bicyclic) bond motifs is 1. The largest absolute Gasteiger partial charge is 0.488 e. The second-order valence-corrected chi connectivity index (χ2v) is 6.98. The Bertz CT molecular complexity index is 476. The van der Waals surface area contributed by atoms with E-state index in [1.807, 2.05) is 0 Å². The monoisotopic (exact) mass is 307 g/mol. The lowest BCUT2D eigenvalue weighted by Gasteiger charge is -2.30.